The van der Waals surface area contributed by atoms with Gasteiger partial charge in [-0.2, -0.15) is 0 Å². The number of methoxy groups -OCH3 is 1. The first kappa shape index (κ1) is 12.3. The van der Waals surface area contributed by atoms with E-state index >= 15 is 0 Å². The maximum atomic E-state index is 11.7. The molecule has 1 N–H and O–H groups in total. The third-order valence-corrected chi connectivity index (χ3v) is 4.17. The molecule has 1 aliphatic heterocycles. The quantitative estimate of drug-likeness (QED) is 0.874. The van der Waals surface area contributed by atoms with Crippen molar-refractivity contribution in [2.75, 3.05) is 19.5 Å². The number of rotatable bonds is 2. The molecule has 0 aromatic heterocycles. The molecule has 1 saturated heterocycles. The van der Waals surface area contributed by atoms with Crippen LogP contribution in [0.4, 0.5) is 4.79 Å². The Bertz CT molecular complexity index is 385. The third-order valence-electron chi connectivity index (χ3n) is 2.77. The highest BCUT2D eigenvalue weighted by molar-refractivity contribution is 7.99. The summed E-state index contributed by atoms with van der Waals surface area (Å²) in [4.78, 5) is 13.4. The van der Waals surface area contributed by atoms with Crippen molar-refractivity contribution in [1.29, 1.82) is 0 Å². The van der Waals surface area contributed by atoms with Crippen LogP contribution in [-0.2, 0) is 4.74 Å². The maximum Gasteiger partial charge on any atom is 0.411 e. The molecular weight excluding hydrogens is 238 g/mol. The molecule has 0 saturated carbocycles. The molecule has 2 unspecified atom stereocenters. The van der Waals surface area contributed by atoms with Crippen LogP contribution >= 0.6 is 11.8 Å². The number of amides is 1. The molecule has 2 rings (SSSR count). The number of aliphatic hydroxyl groups excluding tert-OH is 1. The summed E-state index contributed by atoms with van der Waals surface area (Å²) in [6.45, 7) is -0.0363. The van der Waals surface area contributed by atoms with Crippen LogP contribution in [0.25, 0.3) is 0 Å². The van der Waals surface area contributed by atoms with Crippen LogP contribution < -0.4 is 0 Å². The van der Waals surface area contributed by atoms with Gasteiger partial charge >= 0.3 is 6.09 Å². The van der Waals surface area contributed by atoms with Gasteiger partial charge in [-0.15, -0.1) is 11.8 Å². The predicted octanol–water partition coefficient (Wildman–Crippen LogP) is 1.86. The van der Waals surface area contributed by atoms with Crippen molar-refractivity contribution in [3.63, 3.8) is 0 Å². The monoisotopic (exact) mass is 253 g/mol. The molecule has 1 heterocycles. The summed E-state index contributed by atoms with van der Waals surface area (Å²) >= 11 is 1.65. The summed E-state index contributed by atoms with van der Waals surface area (Å²) in [6, 6.07) is 9.61. The maximum absolute atomic E-state index is 11.7. The van der Waals surface area contributed by atoms with Gasteiger partial charge in [0, 0.05) is 5.75 Å². The first-order chi connectivity index (χ1) is 8.27. The topological polar surface area (TPSA) is 49.8 Å². The van der Waals surface area contributed by atoms with E-state index in [1.54, 1.807) is 16.7 Å². The lowest BCUT2D eigenvalue weighted by atomic mass is 10.2. The summed E-state index contributed by atoms with van der Waals surface area (Å²) in [5.41, 5.74) is 1.05. The van der Waals surface area contributed by atoms with E-state index < -0.39 is 0 Å². The van der Waals surface area contributed by atoms with E-state index in [1.807, 2.05) is 30.3 Å². The number of thioether (sulfide) groups is 1. The van der Waals surface area contributed by atoms with Crippen LogP contribution in [0.1, 0.15) is 10.9 Å². The van der Waals surface area contributed by atoms with Crippen molar-refractivity contribution in [1.82, 2.24) is 4.90 Å². The van der Waals surface area contributed by atoms with E-state index in [0.717, 1.165) is 11.3 Å². The summed E-state index contributed by atoms with van der Waals surface area (Å²) in [5.74, 6) is 0.727. The fourth-order valence-electron chi connectivity index (χ4n) is 1.92. The molecule has 1 aliphatic rings. The van der Waals surface area contributed by atoms with Gasteiger partial charge < -0.3 is 9.84 Å². The molecule has 1 amide bonds. The Labute approximate surface area is 105 Å². The zero-order chi connectivity index (χ0) is 12.3. The lowest BCUT2D eigenvalue weighted by Gasteiger charge is -2.27. The first-order valence-electron chi connectivity index (χ1n) is 5.41. The SMILES string of the molecule is COC(=O)N1C(CO)CSC1c1ccccc1. The average Bonchev–Trinajstić information content (AvgIpc) is 2.82. The number of hydrogen-bond donors (Lipinski definition) is 1. The largest absolute Gasteiger partial charge is 0.453 e. The molecule has 2 atom stereocenters. The van der Waals surface area contributed by atoms with E-state index in [-0.39, 0.29) is 24.1 Å². The number of nitrogens with zero attached hydrogens (tertiary/aromatic N) is 1. The second kappa shape index (κ2) is 5.42. The highest BCUT2D eigenvalue weighted by atomic mass is 32.2. The first-order valence-corrected chi connectivity index (χ1v) is 6.46. The molecule has 17 heavy (non-hydrogen) atoms. The Morgan fingerprint density at radius 3 is 2.82 bits per heavy atom. The zero-order valence-electron chi connectivity index (χ0n) is 9.57. The van der Waals surface area contributed by atoms with E-state index in [2.05, 4.69) is 0 Å². The van der Waals surface area contributed by atoms with Crippen molar-refractivity contribution in [3.05, 3.63) is 35.9 Å². The van der Waals surface area contributed by atoms with E-state index in [1.165, 1.54) is 7.11 Å². The van der Waals surface area contributed by atoms with Gasteiger partial charge in [-0.3, -0.25) is 4.90 Å². The molecule has 0 spiro atoms. The summed E-state index contributed by atoms with van der Waals surface area (Å²) in [5, 5.41) is 9.21. The molecule has 0 bridgehead atoms. The molecular formula is C12H15NO3S. The summed E-state index contributed by atoms with van der Waals surface area (Å²) in [7, 11) is 1.36. The van der Waals surface area contributed by atoms with Gasteiger partial charge in [0.1, 0.15) is 5.37 Å². The van der Waals surface area contributed by atoms with Crippen molar-refractivity contribution in [3.8, 4) is 0 Å². The Hall–Kier alpha value is -1.20. The molecule has 4 nitrogen and oxygen atoms in total. The van der Waals surface area contributed by atoms with Gasteiger partial charge in [0.25, 0.3) is 0 Å². The number of hydrogen-bond acceptors (Lipinski definition) is 4. The normalized spacial score (nSPS) is 23.8. The van der Waals surface area contributed by atoms with Crippen LogP contribution in [0.2, 0.25) is 0 Å². The molecule has 0 aliphatic carbocycles. The van der Waals surface area contributed by atoms with Gasteiger partial charge in [-0.05, 0) is 5.56 Å². The Morgan fingerprint density at radius 2 is 2.24 bits per heavy atom. The number of carbonyl (C=O) groups is 1. The molecule has 5 heteroatoms. The average molecular weight is 253 g/mol. The molecule has 92 valence electrons. The smallest absolute Gasteiger partial charge is 0.411 e. The predicted molar refractivity (Wildman–Crippen MR) is 66.8 cm³/mol. The van der Waals surface area contributed by atoms with Crippen molar-refractivity contribution in [2.24, 2.45) is 0 Å². The second-order valence-electron chi connectivity index (χ2n) is 3.81. The van der Waals surface area contributed by atoms with Crippen molar-refractivity contribution in [2.45, 2.75) is 11.4 Å². The Morgan fingerprint density at radius 1 is 1.53 bits per heavy atom. The van der Waals surface area contributed by atoms with Gasteiger partial charge in [0.15, 0.2) is 0 Å². The summed E-state index contributed by atoms with van der Waals surface area (Å²) in [6.07, 6.45) is -0.386. The fraction of sp³-hybridized carbons (Fsp3) is 0.417. The summed E-state index contributed by atoms with van der Waals surface area (Å²) < 4.78 is 4.78. The minimum Gasteiger partial charge on any atom is -0.453 e. The fourth-order valence-corrected chi connectivity index (χ4v) is 3.36. The number of aliphatic hydroxyl groups is 1. The van der Waals surface area contributed by atoms with Crippen LogP contribution in [0, 0.1) is 0 Å². The minimum absolute atomic E-state index is 0.0363. The van der Waals surface area contributed by atoms with E-state index in [0.29, 0.717) is 0 Å². The van der Waals surface area contributed by atoms with Gasteiger partial charge in [-0.25, -0.2) is 4.79 Å². The second-order valence-corrected chi connectivity index (χ2v) is 4.92. The van der Waals surface area contributed by atoms with Crippen LogP contribution in [0.5, 0.6) is 0 Å². The van der Waals surface area contributed by atoms with Crippen molar-refractivity contribution >= 4 is 17.9 Å². The highest BCUT2D eigenvalue weighted by Gasteiger charge is 2.38. The molecule has 1 fully saturated rings. The highest BCUT2D eigenvalue weighted by Crippen LogP contribution is 2.41. The van der Waals surface area contributed by atoms with Crippen LogP contribution in [0.3, 0.4) is 0 Å². The van der Waals surface area contributed by atoms with Gasteiger partial charge in [-0.1, -0.05) is 30.3 Å². The molecule has 1 aromatic carbocycles. The minimum atomic E-state index is -0.386. The lowest BCUT2D eigenvalue weighted by Crippen LogP contribution is -2.40. The Kier molecular flexibility index (Phi) is 3.91. The number of ether oxygens (including phenoxy) is 1. The standard InChI is InChI=1S/C12H15NO3S/c1-16-12(15)13-10(7-14)8-17-11(13)9-5-3-2-4-6-9/h2-6,10-11,14H,7-8H2,1H3. The van der Waals surface area contributed by atoms with Crippen molar-refractivity contribution < 1.29 is 14.6 Å². The molecule has 1 aromatic rings. The van der Waals surface area contributed by atoms with Gasteiger partial charge in [0.2, 0.25) is 0 Å². The number of carbonyl (C=O) groups excluding carboxylic acids is 1. The third kappa shape index (κ3) is 2.40. The van der Waals surface area contributed by atoms with E-state index in [9.17, 15) is 9.90 Å². The number of benzene rings is 1. The van der Waals surface area contributed by atoms with Crippen LogP contribution in [0.15, 0.2) is 30.3 Å². The lowest BCUT2D eigenvalue weighted by molar-refractivity contribution is 0.0903. The van der Waals surface area contributed by atoms with E-state index in [4.69, 9.17) is 4.74 Å². The van der Waals surface area contributed by atoms with Crippen LogP contribution in [-0.4, -0.2) is 41.6 Å². The molecule has 0 radical (unpaired) electrons. The Balaban J connectivity index is 2.25. The van der Waals surface area contributed by atoms with Gasteiger partial charge in [0.05, 0.1) is 19.8 Å². The zero-order valence-corrected chi connectivity index (χ0v) is 10.4.